The number of phenolic OH excluding ortho intramolecular Hbond substituents is 1. The standard InChI is InChI=1S/C22H30N8O4/c1-21(2,3)13-8-12(9-14(17(13)31)22(4,5)6)10-24-26-20(32)16-15(11-33-7)30(29-25-16)19-18(23)27-34-28-19/h8-10,31H,11H2,1-7H3,(H2,23,27)(H,26,32)/b24-10-. The predicted molar refractivity (Wildman–Crippen MR) is 125 cm³/mol. The number of carbonyl (C=O) groups excluding carboxylic acids is 1. The van der Waals surface area contributed by atoms with E-state index in [9.17, 15) is 9.90 Å². The van der Waals surface area contributed by atoms with E-state index >= 15 is 0 Å². The van der Waals surface area contributed by atoms with Crippen LogP contribution in [0.5, 0.6) is 5.75 Å². The molecule has 1 amide bonds. The van der Waals surface area contributed by atoms with Gasteiger partial charge in [0, 0.05) is 18.2 Å². The van der Waals surface area contributed by atoms with Crippen LogP contribution in [0.2, 0.25) is 0 Å². The van der Waals surface area contributed by atoms with Crippen molar-refractivity contribution in [3.63, 3.8) is 0 Å². The number of carbonyl (C=O) groups is 1. The number of anilines is 1. The molecule has 3 aromatic rings. The second-order valence-electron chi connectivity index (χ2n) is 9.87. The number of nitrogens with one attached hydrogen (secondary N) is 1. The van der Waals surface area contributed by atoms with Crippen LogP contribution >= 0.6 is 0 Å². The molecule has 12 heteroatoms. The third-order valence-electron chi connectivity index (χ3n) is 5.08. The van der Waals surface area contributed by atoms with Crippen LogP contribution in [0.25, 0.3) is 5.82 Å². The van der Waals surface area contributed by atoms with Crippen molar-refractivity contribution in [3.05, 3.63) is 40.2 Å². The normalized spacial score (nSPS) is 12.4. The second kappa shape index (κ2) is 9.21. The third kappa shape index (κ3) is 5.06. The fourth-order valence-corrected chi connectivity index (χ4v) is 3.35. The second-order valence-corrected chi connectivity index (χ2v) is 9.87. The highest BCUT2D eigenvalue weighted by Crippen LogP contribution is 2.39. The number of nitrogen functional groups attached to an aromatic ring is 1. The summed E-state index contributed by atoms with van der Waals surface area (Å²) in [6, 6.07) is 3.71. The maximum absolute atomic E-state index is 12.8. The van der Waals surface area contributed by atoms with Gasteiger partial charge in [-0.3, -0.25) is 4.79 Å². The minimum Gasteiger partial charge on any atom is -0.507 e. The number of ether oxygens (including phenoxy) is 1. The summed E-state index contributed by atoms with van der Waals surface area (Å²) in [5.41, 5.74) is 10.2. The fraction of sp³-hybridized carbons (Fsp3) is 0.455. The highest BCUT2D eigenvalue weighted by molar-refractivity contribution is 5.94. The molecular weight excluding hydrogens is 440 g/mol. The predicted octanol–water partition coefficient (Wildman–Crippen LogP) is 2.44. The quantitative estimate of drug-likeness (QED) is 0.362. The van der Waals surface area contributed by atoms with Crippen molar-refractivity contribution in [3.8, 4) is 11.6 Å². The number of hydrazone groups is 1. The largest absolute Gasteiger partial charge is 0.507 e. The van der Waals surface area contributed by atoms with E-state index in [0.29, 0.717) is 5.69 Å². The Kier molecular flexibility index (Phi) is 6.73. The fourth-order valence-electron chi connectivity index (χ4n) is 3.35. The van der Waals surface area contributed by atoms with Crippen molar-refractivity contribution < 1.29 is 19.3 Å². The molecule has 0 unspecified atom stereocenters. The molecule has 0 fully saturated rings. The number of aromatic nitrogens is 5. The molecule has 2 aromatic heterocycles. The summed E-state index contributed by atoms with van der Waals surface area (Å²) in [6.45, 7) is 12.1. The Morgan fingerprint density at radius 1 is 1.21 bits per heavy atom. The number of methoxy groups -OCH3 is 1. The number of rotatable bonds is 6. The Morgan fingerprint density at radius 3 is 2.32 bits per heavy atom. The average Bonchev–Trinajstić information content (AvgIpc) is 3.33. The molecule has 3 rings (SSSR count). The molecule has 0 spiro atoms. The number of phenols is 1. The molecule has 12 nitrogen and oxygen atoms in total. The first-order valence-electron chi connectivity index (χ1n) is 10.6. The lowest BCUT2D eigenvalue weighted by Crippen LogP contribution is -2.21. The first kappa shape index (κ1) is 24.8. The highest BCUT2D eigenvalue weighted by Gasteiger charge is 2.27. The maximum atomic E-state index is 12.8. The average molecular weight is 471 g/mol. The van der Waals surface area contributed by atoms with Crippen LogP contribution in [0, 0.1) is 0 Å². The molecule has 34 heavy (non-hydrogen) atoms. The van der Waals surface area contributed by atoms with Crippen LogP contribution < -0.4 is 11.2 Å². The molecule has 1 aromatic carbocycles. The van der Waals surface area contributed by atoms with Gasteiger partial charge in [0.1, 0.15) is 11.4 Å². The molecule has 4 N–H and O–H groups in total. The lowest BCUT2D eigenvalue weighted by Gasteiger charge is -2.27. The van der Waals surface area contributed by atoms with Gasteiger partial charge in [-0.25, -0.2) is 10.1 Å². The van der Waals surface area contributed by atoms with Gasteiger partial charge in [-0.05, 0) is 38.8 Å². The minimum atomic E-state index is -0.601. The molecule has 182 valence electrons. The zero-order valence-electron chi connectivity index (χ0n) is 20.4. The van der Waals surface area contributed by atoms with E-state index in [0.717, 1.165) is 16.7 Å². The zero-order valence-corrected chi connectivity index (χ0v) is 20.4. The maximum Gasteiger partial charge on any atom is 0.293 e. The highest BCUT2D eigenvalue weighted by atomic mass is 16.6. The molecule has 0 radical (unpaired) electrons. The molecule has 0 bridgehead atoms. The van der Waals surface area contributed by atoms with Gasteiger partial charge in [0.2, 0.25) is 11.6 Å². The number of nitrogens with zero attached hydrogens (tertiary/aromatic N) is 6. The lowest BCUT2D eigenvalue weighted by molar-refractivity contribution is 0.0944. The van der Waals surface area contributed by atoms with Crippen molar-refractivity contribution in [2.24, 2.45) is 5.10 Å². The number of hydrogen-bond acceptors (Lipinski definition) is 10. The summed E-state index contributed by atoms with van der Waals surface area (Å²) in [4.78, 5) is 12.8. The monoisotopic (exact) mass is 470 g/mol. The van der Waals surface area contributed by atoms with Gasteiger partial charge in [0.25, 0.3) is 5.91 Å². The van der Waals surface area contributed by atoms with Gasteiger partial charge in [-0.1, -0.05) is 46.8 Å². The molecule has 0 aliphatic rings. The smallest absolute Gasteiger partial charge is 0.293 e. The Balaban J connectivity index is 1.90. The van der Waals surface area contributed by atoms with Crippen LogP contribution in [0.4, 0.5) is 5.82 Å². The summed E-state index contributed by atoms with van der Waals surface area (Å²) in [5.74, 6) is -0.251. The molecule has 0 aliphatic heterocycles. The van der Waals surface area contributed by atoms with Crippen LogP contribution in [-0.2, 0) is 22.2 Å². The van der Waals surface area contributed by atoms with Gasteiger partial charge in [-0.15, -0.1) is 5.10 Å². The van der Waals surface area contributed by atoms with Gasteiger partial charge >= 0.3 is 0 Å². The van der Waals surface area contributed by atoms with E-state index in [1.165, 1.54) is 18.0 Å². The molecular formula is C22H30N8O4. The van der Waals surface area contributed by atoms with Crippen LogP contribution in [0.1, 0.15) is 74.4 Å². The number of benzene rings is 1. The number of amides is 1. The summed E-state index contributed by atoms with van der Waals surface area (Å²) < 4.78 is 11.0. The first-order valence-corrected chi connectivity index (χ1v) is 10.6. The van der Waals surface area contributed by atoms with Gasteiger partial charge in [-0.2, -0.15) is 9.78 Å². The zero-order chi connectivity index (χ0) is 25.3. The molecule has 2 heterocycles. The Bertz CT molecular complexity index is 1180. The molecule has 0 atom stereocenters. The van der Waals surface area contributed by atoms with Crippen molar-refractivity contribution in [1.82, 2.24) is 30.7 Å². The van der Waals surface area contributed by atoms with Gasteiger partial charge < -0.3 is 15.6 Å². The number of aromatic hydroxyl groups is 1. The van der Waals surface area contributed by atoms with Gasteiger partial charge in [0.15, 0.2) is 5.69 Å². The van der Waals surface area contributed by atoms with E-state index in [2.05, 4.69) is 35.8 Å². The molecule has 0 aliphatic carbocycles. The van der Waals surface area contributed by atoms with Crippen molar-refractivity contribution in [2.45, 2.75) is 59.0 Å². The minimum absolute atomic E-state index is 0.00755. The Hall–Kier alpha value is -3.80. The van der Waals surface area contributed by atoms with E-state index < -0.39 is 5.91 Å². The van der Waals surface area contributed by atoms with E-state index in [1.807, 2.05) is 53.7 Å². The van der Waals surface area contributed by atoms with Crippen molar-refractivity contribution in [2.75, 3.05) is 12.8 Å². The lowest BCUT2D eigenvalue weighted by atomic mass is 9.78. The van der Waals surface area contributed by atoms with Gasteiger partial charge in [0.05, 0.1) is 12.8 Å². The Labute approximate surface area is 197 Å². The molecule has 0 saturated heterocycles. The van der Waals surface area contributed by atoms with Crippen molar-refractivity contribution in [1.29, 1.82) is 0 Å². The van der Waals surface area contributed by atoms with Crippen LogP contribution in [-0.4, -0.2) is 49.6 Å². The van der Waals surface area contributed by atoms with Crippen LogP contribution in [0.15, 0.2) is 21.9 Å². The summed E-state index contributed by atoms with van der Waals surface area (Å²) in [5, 5.41) is 30.0. The summed E-state index contributed by atoms with van der Waals surface area (Å²) in [6.07, 6.45) is 1.52. The van der Waals surface area contributed by atoms with Crippen LogP contribution in [0.3, 0.4) is 0 Å². The third-order valence-corrected chi connectivity index (χ3v) is 5.08. The first-order chi connectivity index (χ1) is 15.8. The van der Waals surface area contributed by atoms with E-state index in [1.54, 1.807) is 0 Å². The topological polar surface area (TPSA) is 167 Å². The molecule has 0 saturated carbocycles. The van der Waals surface area contributed by atoms with E-state index in [4.69, 9.17) is 10.5 Å². The SMILES string of the molecule is COCc1c(C(=O)N/N=C\c2cc(C(C)(C)C)c(O)c(C(C)(C)C)c2)nnn1-c1nonc1N. The van der Waals surface area contributed by atoms with Crippen molar-refractivity contribution >= 4 is 17.9 Å². The van der Waals surface area contributed by atoms with E-state index in [-0.39, 0.29) is 40.5 Å². The summed E-state index contributed by atoms with van der Waals surface area (Å²) in [7, 11) is 1.46. The number of hydrogen-bond donors (Lipinski definition) is 3. The number of nitrogens with two attached hydrogens (primary N) is 1. The Morgan fingerprint density at radius 2 is 1.82 bits per heavy atom. The summed E-state index contributed by atoms with van der Waals surface area (Å²) >= 11 is 0.